The van der Waals surface area contributed by atoms with Gasteiger partial charge in [0, 0.05) is 24.9 Å². The van der Waals surface area contributed by atoms with Crippen LogP contribution in [0.2, 0.25) is 0 Å². The van der Waals surface area contributed by atoms with E-state index in [0.29, 0.717) is 12.8 Å². The number of hydrogen-bond acceptors (Lipinski definition) is 5. The van der Waals surface area contributed by atoms with E-state index >= 15 is 0 Å². The minimum atomic E-state index is -1.12. The summed E-state index contributed by atoms with van der Waals surface area (Å²) in [5, 5.41) is 22.3. The Morgan fingerprint density at radius 1 is 0.971 bits per heavy atom. The van der Waals surface area contributed by atoms with Crippen LogP contribution in [0.4, 0.5) is 4.79 Å². The topological polar surface area (TPSA) is 116 Å². The number of fused-ring (bicyclic) bond motifs is 3. The molecule has 5 rings (SSSR count). The number of benzene rings is 2. The molecule has 2 aromatic rings. The third kappa shape index (κ3) is 4.50. The van der Waals surface area contributed by atoms with Gasteiger partial charge >= 0.3 is 12.1 Å². The number of aliphatic carboxylic acids is 1. The van der Waals surface area contributed by atoms with Crippen LogP contribution in [0, 0.1) is 5.92 Å². The minimum Gasteiger partial charge on any atom is -0.480 e. The van der Waals surface area contributed by atoms with Crippen molar-refractivity contribution in [1.82, 2.24) is 10.2 Å². The monoisotopic (exact) mass is 478 g/mol. The van der Waals surface area contributed by atoms with E-state index in [9.17, 15) is 24.6 Å². The van der Waals surface area contributed by atoms with E-state index < -0.39 is 36.2 Å². The molecule has 3 N–H and O–H groups in total. The summed E-state index contributed by atoms with van der Waals surface area (Å²) in [7, 11) is 0. The van der Waals surface area contributed by atoms with Crippen molar-refractivity contribution in [3.63, 3.8) is 0 Å². The molecule has 184 valence electrons. The Kier molecular flexibility index (Phi) is 6.47. The van der Waals surface area contributed by atoms with Crippen molar-refractivity contribution in [2.45, 2.75) is 56.2 Å². The van der Waals surface area contributed by atoms with Gasteiger partial charge in [0.05, 0.1) is 12.0 Å². The Morgan fingerprint density at radius 2 is 1.60 bits per heavy atom. The number of carboxylic acids is 1. The van der Waals surface area contributed by atoms with Crippen molar-refractivity contribution in [2.75, 3.05) is 13.2 Å². The van der Waals surface area contributed by atoms with E-state index in [1.165, 1.54) is 4.90 Å². The summed E-state index contributed by atoms with van der Waals surface area (Å²) >= 11 is 0. The molecule has 1 saturated heterocycles. The Hall–Kier alpha value is -3.39. The van der Waals surface area contributed by atoms with Crippen molar-refractivity contribution in [2.24, 2.45) is 5.92 Å². The van der Waals surface area contributed by atoms with E-state index in [1.54, 1.807) is 0 Å². The number of ether oxygens (including phenoxy) is 1. The molecule has 2 amide bonds. The lowest BCUT2D eigenvalue weighted by Gasteiger charge is -2.34. The molecule has 1 aliphatic heterocycles. The molecule has 8 heteroatoms. The highest BCUT2D eigenvalue weighted by molar-refractivity contribution is 5.87. The average Bonchev–Trinajstić information content (AvgIpc) is 3.41. The average molecular weight is 479 g/mol. The Balaban J connectivity index is 1.25. The second-order valence-corrected chi connectivity index (χ2v) is 9.70. The SMILES string of the molecule is O=C(NC1CCCCC1C(=O)N1C[C@H](O)C[C@@H]1C(=O)O)OCC1c2ccccc2-c2ccccc21. The second kappa shape index (κ2) is 9.70. The number of carboxylic acid groups (broad SMARTS) is 1. The zero-order chi connectivity index (χ0) is 24.5. The van der Waals surface area contributed by atoms with Crippen LogP contribution in [-0.2, 0) is 14.3 Å². The first kappa shape index (κ1) is 23.4. The number of hydrogen-bond donors (Lipinski definition) is 3. The summed E-state index contributed by atoms with van der Waals surface area (Å²) in [4.78, 5) is 38.9. The van der Waals surface area contributed by atoms with Gasteiger partial charge in [0.15, 0.2) is 0 Å². The van der Waals surface area contributed by atoms with Crippen molar-refractivity contribution in [3.8, 4) is 11.1 Å². The number of aliphatic hydroxyl groups excluding tert-OH is 1. The number of rotatable bonds is 5. The molecule has 0 radical (unpaired) electrons. The van der Waals surface area contributed by atoms with Gasteiger partial charge in [-0.25, -0.2) is 9.59 Å². The molecule has 0 bridgehead atoms. The van der Waals surface area contributed by atoms with Gasteiger partial charge in [0.2, 0.25) is 5.91 Å². The summed E-state index contributed by atoms with van der Waals surface area (Å²) < 4.78 is 5.66. The van der Waals surface area contributed by atoms with Crippen LogP contribution in [0.15, 0.2) is 48.5 Å². The predicted molar refractivity (Wildman–Crippen MR) is 128 cm³/mol. The summed E-state index contributed by atoms with van der Waals surface area (Å²) in [6.45, 7) is 0.189. The van der Waals surface area contributed by atoms with Crippen LogP contribution in [0.1, 0.15) is 49.1 Å². The molecule has 2 fully saturated rings. The number of aliphatic hydroxyl groups is 1. The quantitative estimate of drug-likeness (QED) is 0.608. The van der Waals surface area contributed by atoms with Crippen LogP contribution < -0.4 is 5.32 Å². The lowest BCUT2D eigenvalue weighted by atomic mass is 9.83. The number of carbonyl (C=O) groups is 3. The van der Waals surface area contributed by atoms with Crippen molar-refractivity contribution in [3.05, 3.63) is 59.7 Å². The van der Waals surface area contributed by atoms with Gasteiger partial charge in [-0.05, 0) is 35.1 Å². The standard InChI is InChI=1S/C27H30N2O6/c30-16-13-24(26(32)33)29(14-16)25(31)21-11-5-6-12-23(21)28-27(34)35-15-22-19-9-3-1-7-17(19)18-8-2-4-10-20(18)22/h1-4,7-10,16,21-24,30H,5-6,11-15H2,(H,28,34)(H,32,33)/t16-,21?,23?,24-/m1/s1. The first-order chi connectivity index (χ1) is 16.9. The third-order valence-corrected chi connectivity index (χ3v) is 7.58. The smallest absolute Gasteiger partial charge is 0.407 e. The maximum absolute atomic E-state index is 13.3. The van der Waals surface area contributed by atoms with Gasteiger partial charge in [-0.1, -0.05) is 61.4 Å². The molecule has 2 aromatic carbocycles. The Bertz CT molecular complexity index is 1090. The number of nitrogens with zero attached hydrogens (tertiary/aromatic N) is 1. The number of nitrogens with one attached hydrogen (secondary N) is 1. The van der Waals surface area contributed by atoms with Gasteiger partial charge < -0.3 is 25.2 Å². The summed E-state index contributed by atoms with van der Waals surface area (Å²) in [5.74, 6) is -2.03. The Morgan fingerprint density at radius 3 is 2.26 bits per heavy atom. The lowest BCUT2D eigenvalue weighted by Crippen LogP contribution is -2.52. The maximum atomic E-state index is 13.3. The molecular formula is C27H30N2O6. The number of alkyl carbamates (subject to hydrolysis) is 1. The lowest BCUT2D eigenvalue weighted by molar-refractivity contribution is -0.150. The van der Waals surface area contributed by atoms with Gasteiger partial charge in [0.25, 0.3) is 0 Å². The highest BCUT2D eigenvalue weighted by Crippen LogP contribution is 2.44. The van der Waals surface area contributed by atoms with E-state index in [2.05, 4.69) is 29.6 Å². The van der Waals surface area contributed by atoms with Gasteiger partial charge in [-0.3, -0.25) is 4.79 Å². The predicted octanol–water partition coefficient (Wildman–Crippen LogP) is 3.13. The van der Waals surface area contributed by atoms with Crippen LogP contribution in [0.25, 0.3) is 11.1 Å². The molecule has 4 atom stereocenters. The van der Waals surface area contributed by atoms with Crippen molar-refractivity contribution < 1.29 is 29.3 Å². The molecule has 2 unspecified atom stereocenters. The Labute approximate surface area is 203 Å². The third-order valence-electron chi connectivity index (χ3n) is 7.58. The summed E-state index contributed by atoms with van der Waals surface area (Å²) in [6, 6.07) is 14.8. The molecule has 0 spiro atoms. The number of amides is 2. The fraction of sp³-hybridized carbons (Fsp3) is 0.444. The summed E-state index contributed by atoms with van der Waals surface area (Å²) in [6.07, 6.45) is 1.47. The van der Waals surface area contributed by atoms with E-state index in [0.717, 1.165) is 35.1 Å². The van der Waals surface area contributed by atoms with Crippen molar-refractivity contribution in [1.29, 1.82) is 0 Å². The zero-order valence-corrected chi connectivity index (χ0v) is 19.4. The molecule has 0 aromatic heterocycles. The van der Waals surface area contributed by atoms with Crippen molar-refractivity contribution >= 4 is 18.0 Å². The highest BCUT2D eigenvalue weighted by Gasteiger charge is 2.44. The maximum Gasteiger partial charge on any atom is 0.407 e. The number of carbonyl (C=O) groups excluding carboxylic acids is 2. The highest BCUT2D eigenvalue weighted by atomic mass is 16.5. The molecule has 3 aliphatic rings. The van der Waals surface area contributed by atoms with E-state index in [4.69, 9.17) is 4.74 Å². The van der Waals surface area contributed by atoms with Crippen LogP contribution >= 0.6 is 0 Å². The second-order valence-electron chi connectivity index (χ2n) is 9.70. The molecule has 35 heavy (non-hydrogen) atoms. The van der Waals surface area contributed by atoms with E-state index in [1.807, 2.05) is 24.3 Å². The first-order valence-electron chi connectivity index (χ1n) is 12.3. The van der Waals surface area contributed by atoms with Crippen LogP contribution in [0.3, 0.4) is 0 Å². The molecule has 1 saturated carbocycles. The molecular weight excluding hydrogens is 448 g/mol. The largest absolute Gasteiger partial charge is 0.480 e. The van der Waals surface area contributed by atoms with Crippen LogP contribution in [0.5, 0.6) is 0 Å². The fourth-order valence-corrected chi connectivity index (χ4v) is 5.90. The molecule has 8 nitrogen and oxygen atoms in total. The van der Waals surface area contributed by atoms with Gasteiger partial charge in [0.1, 0.15) is 12.6 Å². The normalized spacial score (nSPS) is 25.6. The van der Waals surface area contributed by atoms with Crippen LogP contribution in [-0.4, -0.2) is 64.4 Å². The van der Waals surface area contributed by atoms with Gasteiger partial charge in [-0.15, -0.1) is 0 Å². The minimum absolute atomic E-state index is 0.00393. The summed E-state index contributed by atoms with van der Waals surface area (Å²) in [5.41, 5.74) is 4.55. The van der Waals surface area contributed by atoms with E-state index in [-0.39, 0.29) is 31.4 Å². The first-order valence-corrected chi connectivity index (χ1v) is 12.3. The van der Waals surface area contributed by atoms with Gasteiger partial charge in [-0.2, -0.15) is 0 Å². The molecule has 2 aliphatic carbocycles. The zero-order valence-electron chi connectivity index (χ0n) is 19.4. The fourth-order valence-electron chi connectivity index (χ4n) is 5.90. The number of β-amino-alcohol motifs (C(OH)–C–C–N with tert-alkyl or cyclic N) is 1. The number of likely N-dealkylation sites (tertiary alicyclic amines) is 1. The molecule has 1 heterocycles.